The summed E-state index contributed by atoms with van der Waals surface area (Å²) >= 11 is 6.01. The molecule has 0 bridgehead atoms. The van der Waals surface area contributed by atoms with E-state index in [9.17, 15) is 4.39 Å². The first kappa shape index (κ1) is 10.5. The standard InChI is InChI=1S/C12H13ClFN/c1-6(2)10-7(3)15-12-8(13)4-5-9(14)11(10)12/h4-6,10,15H,3H2,1-2H3. The molecule has 3 heteroatoms. The highest BCUT2D eigenvalue weighted by atomic mass is 35.5. The molecule has 0 spiro atoms. The third-order valence-corrected chi connectivity index (χ3v) is 3.10. The molecule has 0 amide bonds. The van der Waals surface area contributed by atoms with Crippen LogP contribution in [0.1, 0.15) is 25.3 Å². The van der Waals surface area contributed by atoms with Crippen molar-refractivity contribution in [1.82, 2.24) is 0 Å². The summed E-state index contributed by atoms with van der Waals surface area (Å²) in [7, 11) is 0. The van der Waals surface area contributed by atoms with E-state index in [0.29, 0.717) is 22.2 Å². The van der Waals surface area contributed by atoms with Crippen LogP contribution in [0.3, 0.4) is 0 Å². The molecule has 1 N–H and O–H groups in total. The third-order valence-electron chi connectivity index (χ3n) is 2.78. The molecule has 80 valence electrons. The van der Waals surface area contributed by atoms with Gasteiger partial charge in [-0.2, -0.15) is 0 Å². The molecule has 2 rings (SSSR count). The van der Waals surface area contributed by atoms with Gasteiger partial charge in [-0.15, -0.1) is 0 Å². The highest BCUT2D eigenvalue weighted by Crippen LogP contribution is 2.46. The van der Waals surface area contributed by atoms with Crippen LogP contribution in [-0.2, 0) is 0 Å². The number of halogens is 2. The van der Waals surface area contributed by atoms with Crippen LogP contribution >= 0.6 is 11.6 Å². The summed E-state index contributed by atoms with van der Waals surface area (Å²) in [6.45, 7) is 8.01. The Kier molecular flexibility index (Phi) is 2.47. The first-order valence-corrected chi connectivity index (χ1v) is 5.34. The Morgan fingerprint density at radius 2 is 2.13 bits per heavy atom. The van der Waals surface area contributed by atoms with Crippen molar-refractivity contribution in [2.45, 2.75) is 19.8 Å². The van der Waals surface area contributed by atoms with E-state index in [1.807, 2.05) is 13.8 Å². The number of benzene rings is 1. The minimum atomic E-state index is -0.209. The average Bonchev–Trinajstić information content (AvgIpc) is 2.50. The molecule has 1 heterocycles. The second-order valence-corrected chi connectivity index (χ2v) is 4.60. The lowest BCUT2D eigenvalue weighted by atomic mass is 9.88. The van der Waals surface area contributed by atoms with Gasteiger partial charge in [0.1, 0.15) is 5.82 Å². The van der Waals surface area contributed by atoms with E-state index in [4.69, 9.17) is 11.6 Å². The normalized spacial score (nSPS) is 19.3. The van der Waals surface area contributed by atoms with E-state index in [0.717, 1.165) is 5.70 Å². The summed E-state index contributed by atoms with van der Waals surface area (Å²) < 4.78 is 13.7. The second kappa shape index (κ2) is 3.53. The number of hydrogen-bond donors (Lipinski definition) is 1. The SMILES string of the molecule is C=C1Nc2c(Cl)ccc(F)c2C1C(C)C. The topological polar surface area (TPSA) is 12.0 Å². The first-order chi connectivity index (χ1) is 7.02. The summed E-state index contributed by atoms with van der Waals surface area (Å²) in [6.07, 6.45) is 0. The van der Waals surface area contributed by atoms with Crippen LogP contribution in [-0.4, -0.2) is 0 Å². The Morgan fingerprint density at radius 1 is 1.47 bits per heavy atom. The van der Waals surface area contributed by atoms with Crippen molar-refractivity contribution >= 4 is 17.3 Å². The Balaban J connectivity index is 2.62. The molecule has 1 atom stereocenters. The smallest absolute Gasteiger partial charge is 0.129 e. The van der Waals surface area contributed by atoms with Crippen molar-refractivity contribution in [3.63, 3.8) is 0 Å². The highest BCUT2D eigenvalue weighted by molar-refractivity contribution is 6.33. The maximum absolute atomic E-state index is 13.7. The van der Waals surface area contributed by atoms with E-state index < -0.39 is 0 Å². The fourth-order valence-corrected chi connectivity index (χ4v) is 2.36. The van der Waals surface area contributed by atoms with E-state index in [1.165, 1.54) is 6.07 Å². The van der Waals surface area contributed by atoms with E-state index >= 15 is 0 Å². The van der Waals surface area contributed by atoms with E-state index in [2.05, 4.69) is 11.9 Å². The lowest BCUT2D eigenvalue weighted by Gasteiger charge is -2.16. The molecular weight excluding hydrogens is 213 g/mol. The summed E-state index contributed by atoms with van der Waals surface area (Å²) in [5, 5.41) is 3.62. The summed E-state index contributed by atoms with van der Waals surface area (Å²) in [5.74, 6) is 0.108. The summed E-state index contributed by atoms with van der Waals surface area (Å²) in [6, 6.07) is 2.98. The van der Waals surface area contributed by atoms with Crippen LogP contribution in [0.25, 0.3) is 0 Å². The molecule has 0 fully saturated rings. The number of hydrogen-bond acceptors (Lipinski definition) is 1. The van der Waals surface area contributed by atoms with Crippen LogP contribution in [0.4, 0.5) is 10.1 Å². The first-order valence-electron chi connectivity index (χ1n) is 4.96. The number of allylic oxidation sites excluding steroid dienone is 1. The predicted molar refractivity (Wildman–Crippen MR) is 61.8 cm³/mol. The van der Waals surface area contributed by atoms with Crippen molar-refractivity contribution in [1.29, 1.82) is 0 Å². The maximum atomic E-state index is 13.7. The van der Waals surface area contributed by atoms with Crippen LogP contribution in [0.15, 0.2) is 24.4 Å². The predicted octanol–water partition coefficient (Wildman–Crippen LogP) is 4.16. The van der Waals surface area contributed by atoms with Crippen LogP contribution in [0, 0.1) is 11.7 Å². The van der Waals surface area contributed by atoms with Gasteiger partial charge in [0.05, 0.1) is 10.7 Å². The Labute approximate surface area is 93.9 Å². The molecular formula is C12H13ClFN. The van der Waals surface area contributed by atoms with Crippen molar-refractivity contribution in [2.24, 2.45) is 5.92 Å². The molecule has 0 aliphatic carbocycles. The lowest BCUT2D eigenvalue weighted by molar-refractivity contribution is 0.532. The largest absolute Gasteiger partial charge is 0.357 e. The molecule has 0 saturated heterocycles. The van der Waals surface area contributed by atoms with Gasteiger partial charge in [-0.1, -0.05) is 32.0 Å². The van der Waals surface area contributed by atoms with Gasteiger partial charge in [0.25, 0.3) is 0 Å². The van der Waals surface area contributed by atoms with Gasteiger partial charge in [-0.3, -0.25) is 0 Å². The zero-order valence-corrected chi connectivity index (χ0v) is 9.53. The van der Waals surface area contributed by atoms with E-state index in [1.54, 1.807) is 6.07 Å². The van der Waals surface area contributed by atoms with Gasteiger partial charge in [-0.25, -0.2) is 4.39 Å². The molecule has 1 unspecified atom stereocenters. The molecule has 1 aromatic carbocycles. The fraction of sp³-hybridized carbons (Fsp3) is 0.333. The molecule has 0 aromatic heterocycles. The highest BCUT2D eigenvalue weighted by Gasteiger charge is 2.32. The number of anilines is 1. The van der Waals surface area contributed by atoms with Gasteiger partial charge in [0, 0.05) is 17.2 Å². The van der Waals surface area contributed by atoms with Gasteiger partial charge in [-0.05, 0) is 18.1 Å². The molecule has 15 heavy (non-hydrogen) atoms. The van der Waals surface area contributed by atoms with E-state index in [-0.39, 0.29) is 11.7 Å². The second-order valence-electron chi connectivity index (χ2n) is 4.19. The van der Waals surface area contributed by atoms with Crippen molar-refractivity contribution in [2.75, 3.05) is 5.32 Å². The quantitative estimate of drug-likeness (QED) is 0.757. The van der Waals surface area contributed by atoms with Crippen LogP contribution < -0.4 is 5.32 Å². The number of nitrogens with one attached hydrogen (secondary N) is 1. The molecule has 1 nitrogen and oxygen atoms in total. The van der Waals surface area contributed by atoms with Crippen molar-refractivity contribution in [3.05, 3.63) is 40.8 Å². The minimum absolute atomic E-state index is 0.0127. The third kappa shape index (κ3) is 1.53. The van der Waals surface area contributed by atoms with Crippen LogP contribution in [0.5, 0.6) is 0 Å². The number of fused-ring (bicyclic) bond motifs is 1. The zero-order chi connectivity index (χ0) is 11.2. The van der Waals surface area contributed by atoms with Crippen LogP contribution in [0.2, 0.25) is 5.02 Å². The Morgan fingerprint density at radius 3 is 2.73 bits per heavy atom. The summed E-state index contributed by atoms with van der Waals surface area (Å²) in [5.41, 5.74) is 2.16. The molecule has 0 saturated carbocycles. The van der Waals surface area contributed by atoms with Gasteiger partial charge < -0.3 is 5.32 Å². The zero-order valence-electron chi connectivity index (χ0n) is 8.77. The molecule has 0 radical (unpaired) electrons. The van der Waals surface area contributed by atoms with Gasteiger partial charge >= 0.3 is 0 Å². The van der Waals surface area contributed by atoms with Crippen molar-refractivity contribution in [3.8, 4) is 0 Å². The Bertz CT molecular complexity index is 426. The average molecular weight is 226 g/mol. The van der Waals surface area contributed by atoms with Gasteiger partial charge in [0.15, 0.2) is 0 Å². The van der Waals surface area contributed by atoms with Gasteiger partial charge in [0.2, 0.25) is 0 Å². The summed E-state index contributed by atoms with van der Waals surface area (Å²) in [4.78, 5) is 0. The lowest BCUT2D eigenvalue weighted by Crippen LogP contribution is -2.07. The maximum Gasteiger partial charge on any atom is 0.129 e. The van der Waals surface area contributed by atoms with Crippen molar-refractivity contribution < 1.29 is 4.39 Å². The monoisotopic (exact) mass is 225 g/mol. The fourth-order valence-electron chi connectivity index (χ4n) is 2.15. The molecule has 1 aliphatic heterocycles. The Hall–Kier alpha value is -1.02. The molecule has 1 aromatic rings. The number of rotatable bonds is 1. The minimum Gasteiger partial charge on any atom is -0.357 e. The molecule has 1 aliphatic rings.